The SMILES string of the molecule is CCCN(CC(=O)OC)C(=O)C1CCN(C(C)=O)CC1. The molecule has 0 unspecified atom stereocenters. The van der Waals surface area contributed by atoms with E-state index in [2.05, 4.69) is 4.74 Å². The number of piperidine rings is 1. The van der Waals surface area contributed by atoms with E-state index in [9.17, 15) is 14.4 Å². The molecule has 0 N–H and O–H groups in total. The molecular weight excluding hydrogens is 260 g/mol. The lowest BCUT2D eigenvalue weighted by Gasteiger charge is -2.33. The van der Waals surface area contributed by atoms with Crippen LogP contribution in [0.4, 0.5) is 0 Å². The van der Waals surface area contributed by atoms with Gasteiger partial charge in [0.25, 0.3) is 0 Å². The van der Waals surface area contributed by atoms with E-state index in [1.165, 1.54) is 7.11 Å². The van der Waals surface area contributed by atoms with E-state index in [-0.39, 0.29) is 24.3 Å². The molecule has 0 aliphatic carbocycles. The van der Waals surface area contributed by atoms with Gasteiger partial charge in [0.2, 0.25) is 11.8 Å². The molecule has 2 amide bonds. The van der Waals surface area contributed by atoms with Crippen LogP contribution in [0, 0.1) is 5.92 Å². The molecule has 0 aromatic heterocycles. The van der Waals surface area contributed by atoms with E-state index >= 15 is 0 Å². The number of carbonyl (C=O) groups is 3. The van der Waals surface area contributed by atoms with Crippen LogP contribution in [0.3, 0.4) is 0 Å². The van der Waals surface area contributed by atoms with Crippen LogP contribution >= 0.6 is 0 Å². The third kappa shape index (κ3) is 4.51. The second-order valence-electron chi connectivity index (χ2n) is 5.12. The van der Waals surface area contributed by atoms with Crippen LogP contribution < -0.4 is 0 Å². The number of esters is 1. The number of hydrogen-bond acceptors (Lipinski definition) is 4. The molecule has 1 fully saturated rings. The first kappa shape index (κ1) is 16.5. The highest BCUT2D eigenvalue weighted by molar-refractivity contribution is 5.84. The number of ether oxygens (including phenoxy) is 1. The monoisotopic (exact) mass is 284 g/mol. The number of likely N-dealkylation sites (tertiary alicyclic amines) is 1. The van der Waals surface area contributed by atoms with Crippen molar-refractivity contribution in [3.8, 4) is 0 Å². The highest BCUT2D eigenvalue weighted by Crippen LogP contribution is 2.20. The van der Waals surface area contributed by atoms with Crippen molar-refractivity contribution in [1.82, 2.24) is 9.80 Å². The molecule has 0 spiro atoms. The normalized spacial score (nSPS) is 15.8. The highest BCUT2D eigenvalue weighted by atomic mass is 16.5. The number of methoxy groups -OCH3 is 1. The van der Waals surface area contributed by atoms with Crippen molar-refractivity contribution in [2.24, 2.45) is 5.92 Å². The Morgan fingerprint density at radius 2 is 1.85 bits per heavy atom. The lowest BCUT2D eigenvalue weighted by atomic mass is 9.95. The summed E-state index contributed by atoms with van der Waals surface area (Å²) in [5, 5.41) is 0. The van der Waals surface area contributed by atoms with Gasteiger partial charge in [-0.05, 0) is 19.3 Å². The largest absolute Gasteiger partial charge is 0.468 e. The third-order valence-corrected chi connectivity index (χ3v) is 3.64. The maximum Gasteiger partial charge on any atom is 0.325 e. The zero-order valence-corrected chi connectivity index (χ0v) is 12.6. The molecule has 6 nitrogen and oxygen atoms in total. The first-order valence-electron chi connectivity index (χ1n) is 7.10. The summed E-state index contributed by atoms with van der Waals surface area (Å²) in [6, 6.07) is 0. The molecule has 0 atom stereocenters. The predicted octanol–water partition coefficient (Wildman–Crippen LogP) is 0.656. The predicted molar refractivity (Wildman–Crippen MR) is 73.9 cm³/mol. The van der Waals surface area contributed by atoms with Gasteiger partial charge in [-0.15, -0.1) is 0 Å². The molecule has 1 aliphatic heterocycles. The summed E-state index contributed by atoms with van der Waals surface area (Å²) in [7, 11) is 1.32. The average Bonchev–Trinajstić information content (AvgIpc) is 2.46. The van der Waals surface area contributed by atoms with Crippen molar-refractivity contribution in [1.29, 1.82) is 0 Å². The summed E-state index contributed by atoms with van der Waals surface area (Å²) in [6.45, 7) is 5.31. The van der Waals surface area contributed by atoms with Gasteiger partial charge in [0.05, 0.1) is 7.11 Å². The number of rotatable bonds is 5. The molecule has 0 radical (unpaired) electrons. The molecule has 1 heterocycles. The summed E-state index contributed by atoms with van der Waals surface area (Å²) in [5.74, 6) is -0.439. The van der Waals surface area contributed by atoms with Gasteiger partial charge < -0.3 is 14.5 Å². The Labute approximate surface area is 120 Å². The van der Waals surface area contributed by atoms with Crippen molar-refractivity contribution in [2.45, 2.75) is 33.1 Å². The molecule has 6 heteroatoms. The van der Waals surface area contributed by atoms with Crippen molar-refractivity contribution in [3.05, 3.63) is 0 Å². The van der Waals surface area contributed by atoms with Gasteiger partial charge >= 0.3 is 5.97 Å². The van der Waals surface area contributed by atoms with Crippen LogP contribution in [-0.4, -0.2) is 60.9 Å². The van der Waals surface area contributed by atoms with E-state index in [0.717, 1.165) is 6.42 Å². The van der Waals surface area contributed by atoms with Gasteiger partial charge in [-0.3, -0.25) is 14.4 Å². The van der Waals surface area contributed by atoms with E-state index in [4.69, 9.17) is 0 Å². The summed E-state index contributed by atoms with van der Waals surface area (Å²) in [4.78, 5) is 38.4. The fourth-order valence-corrected chi connectivity index (χ4v) is 2.46. The van der Waals surface area contributed by atoms with Gasteiger partial charge in [0, 0.05) is 32.5 Å². The Balaban J connectivity index is 2.57. The minimum Gasteiger partial charge on any atom is -0.468 e. The van der Waals surface area contributed by atoms with Gasteiger partial charge in [-0.1, -0.05) is 6.92 Å². The molecule has 1 rings (SSSR count). The average molecular weight is 284 g/mol. The van der Waals surface area contributed by atoms with Crippen molar-refractivity contribution < 1.29 is 19.1 Å². The van der Waals surface area contributed by atoms with Crippen LogP contribution in [0.15, 0.2) is 0 Å². The van der Waals surface area contributed by atoms with Crippen molar-refractivity contribution >= 4 is 17.8 Å². The summed E-state index contributed by atoms with van der Waals surface area (Å²) >= 11 is 0. The molecule has 0 bridgehead atoms. The highest BCUT2D eigenvalue weighted by Gasteiger charge is 2.29. The van der Waals surface area contributed by atoms with Gasteiger partial charge in [0.15, 0.2) is 0 Å². The molecular formula is C14H24N2O4. The van der Waals surface area contributed by atoms with Crippen LogP contribution in [0.5, 0.6) is 0 Å². The Bertz CT molecular complexity index is 362. The molecule has 20 heavy (non-hydrogen) atoms. The summed E-state index contributed by atoms with van der Waals surface area (Å²) in [6.07, 6.45) is 2.13. The fourth-order valence-electron chi connectivity index (χ4n) is 2.46. The number of nitrogens with zero attached hydrogens (tertiary/aromatic N) is 2. The van der Waals surface area contributed by atoms with E-state index in [0.29, 0.717) is 32.5 Å². The topological polar surface area (TPSA) is 66.9 Å². The van der Waals surface area contributed by atoms with Crippen LogP contribution in [0.1, 0.15) is 33.1 Å². The Morgan fingerprint density at radius 3 is 2.30 bits per heavy atom. The lowest BCUT2D eigenvalue weighted by molar-refractivity contribution is -0.149. The van der Waals surface area contributed by atoms with Gasteiger partial charge in [0.1, 0.15) is 6.54 Å². The first-order chi connectivity index (χ1) is 9.49. The molecule has 0 aromatic rings. The van der Waals surface area contributed by atoms with Crippen molar-refractivity contribution in [2.75, 3.05) is 33.3 Å². The van der Waals surface area contributed by atoms with Gasteiger partial charge in [-0.2, -0.15) is 0 Å². The standard InChI is InChI=1S/C14H24N2O4/c1-4-7-16(10-13(18)20-3)14(19)12-5-8-15(9-6-12)11(2)17/h12H,4-10H2,1-3H3. The number of hydrogen-bond donors (Lipinski definition) is 0. The van der Waals surface area contributed by atoms with Gasteiger partial charge in [-0.25, -0.2) is 0 Å². The van der Waals surface area contributed by atoms with Crippen molar-refractivity contribution in [3.63, 3.8) is 0 Å². The first-order valence-corrected chi connectivity index (χ1v) is 7.10. The summed E-state index contributed by atoms with van der Waals surface area (Å²) in [5.41, 5.74) is 0. The van der Waals surface area contributed by atoms with Crippen LogP contribution in [0.2, 0.25) is 0 Å². The van der Waals surface area contributed by atoms with Crippen LogP contribution in [0.25, 0.3) is 0 Å². The second kappa shape index (κ2) is 7.87. The van der Waals surface area contributed by atoms with E-state index in [1.54, 1.807) is 16.7 Å². The zero-order valence-electron chi connectivity index (χ0n) is 12.6. The quantitative estimate of drug-likeness (QED) is 0.695. The smallest absolute Gasteiger partial charge is 0.325 e. The van der Waals surface area contributed by atoms with Crippen LogP contribution in [-0.2, 0) is 19.1 Å². The molecule has 0 saturated carbocycles. The summed E-state index contributed by atoms with van der Waals surface area (Å²) < 4.78 is 4.63. The molecule has 1 aliphatic rings. The van der Waals surface area contributed by atoms with E-state index < -0.39 is 5.97 Å². The minimum atomic E-state index is -0.395. The third-order valence-electron chi connectivity index (χ3n) is 3.64. The molecule has 1 saturated heterocycles. The zero-order chi connectivity index (χ0) is 15.1. The lowest BCUT2D eigenvalue weighted by Crippen LogP contribution is -2.45. The Morgan fingerprint density at radius 1 is 1.25 bits per heavy atom. The second-order valence-corrected chi connectivity index (χ2v) is 5.12. The maximum absolute atomic E-state index is 12.4. The molecule has 114 valence electrons. The Hall–Kier alpha value is -1.59. The Kier molecular flexibility index (Phi) is 6.48. The molecule has 0 aromatic carbocycles. The maximum atomic E-state index is 12.4. The minimum absolute atomic E-state index is 0.000419. The number of amides is 2. The fraction of sp³-hybridized carbons (Fsp3) is 0.786. The number of carbonyl (C=O) groups excluding carboxylic acids is 3. The van der Waals surface area contributed by atoms with E-state index in [1.807, 2.05) is 6.92 Å².